The van der Waals surface area contributed by atoms with Gasteiger partial charge < -0.3 is 0 Å². The van der Waals surface area contributed by atoms with Gasteiger partial charge in [-0.15, -0.1) is 11.8 Å². The second kappa shape index (κ2) is 7.23. The van der Waals surface area contributed by atoms with Crippen LogP contribution in [0, 0.1) is 6.92 Å². The first kappa shape index (κ1) is 11.6. The third-order valence-corrected chi connectivity index (χ3v) is 2.23. The Morgan fingerprint density at radius 2 is 1.58 bits per heavy atom. The molecule has 0 spiro atoms. The van der Waals surface area contributed by atoms with E-state index in [2.05, 4.69) is 38.1 Å². The predicted molar refractivity (Wildman–Crippen MR) is 58.9 cm³/mol. The summed E-state index contributed by atoms with van der Waals surface area (Å²) in [5, 5.41) is 0. The van der Waals surface area contributed by atoms with Crippen LogP contribution in [0.3, 0.4) is 0 Å². The molecule has 0 saturated heterocycles. The van der Waals surface area contributed by atoms with Crippen molar-refractivity contribution < 1.29 is 0 Å². The first-order valence-electron chi connectivity index (χ1n) is 4.52. The number of thioether (sulfide) groups is 1. The van der Waals surface area contributed by atoms with Gasteiger partial charge in [-0.25, -0.2) is 0 Å². The molecule has 0 atom stereocenters. The summed E-state index contributed by atoms with van der Waals surface area (Å²) >= 11 is 1.88. The summed E-state index contributed by atoms with van der Waals surface area (Å²) in [6, 6.07) is 8.64. The smallest absolute Gasteiger partial charge is 0.00720 e. The van der Waals surface area contributed by atoms with E-state index in [1.165, 1.54) is 10.5 Å². The zero-order valence-electron chi connectivity index (χ0n) is 8.42. The summed E-state index contributed by atoms with van der Waals surface area (Å²) in [5.41, 5.74) is 1.33. The lowest BCUT2D eigenvalue weighted by atomic mass is 10.2. The zero-order valence-corrected chi connectivity index (χ0v) is 9.24. The van der Waals surface area contributed by atoms with Crippen molar-refractivity contribution in [3.63, 3.8) is 0 Å². The van der Waals surface area contributed by atoms with E-state index in [0.717, 1.165) is 5.75 Å². The largest absolute Gasteiger partial charge is 0.126 e. The van der Waals surface area contributed by atoms with Gasteiger partial charge in [0.15, 0.2) is 0 Å². The Morgan fingerprint density at radius 1 is 1.08 bits per heavy atom. The van der Waals surface area contributed by atoms with Gasteiger partial charge in [0.25, 0.3) is 0 Å². The molecule has 1 aromatic carbocycles. The molecule has 0 radical (unpaired) electrons. The molecule has 0 bridgehead atoms. The summed E-state index contributed by atoms with van der Waals surface area (Å²) in [6.45, 7) is 8.28. The van der Waals surface area contributed by atoms with Crippen LogP contribution in [0.5, 0.6) is 0 Å². The fourth-order valence-electron chi connectivity index (χ4n) is 0.801. The molecule has 0 aliphatic rings. The minimum Gasteiger partial charge on any atom is -0.126 e. The third kappa shape index (κ3) is 4.45. The maximum Gasteiger partial charge on any atom is 0.00720 e. The number of benzene rings is 1. The Balaban J connectivity index is 0.000000561. The van der Waals surface area contributed by atoms with Crippen molar-refractivity contribution in [3.05, 3.63) is 29.8 Å². The van der Waals surface area contributed by atoms with Crippen molar-refractivity contribution in [2.24, 2.45) is 0 Å². The lowest BCUT2D eigenvalue weighted by Gasteiger charge is -1.96. The van der Waals surface area contributed by atoms with Crippen LogP contribution in [0.15, 0.2) is 29.2 Å². The molecule has 0 aromatic heterocycles. The molecular formula is C11H18S. The maximum absolute atomic E-state index is 2.17. The van der Waals surface area contributed by atoms with Crippen LogP contribution >= 0.6 is 11.8 Å². The van der Waals surface area contributed by atoms with Gasteiger partial charge in [-0.3, -0.25) is 0 Å². The van der Waals surface area contributed by atoms with Gasteiger partial charge >= 0.3 is 0 Å². The highest BCUT2D eigenvalue weighted by Crippen LogP contribution is 2.16. The molecule has 1 aromatic rings. The summed E-state index contributed by atoms with van der Waals surface area (Å²) in [5.74, 6) is 1.16. The lowest BCUT2D eigenvalue weighted by molar-refractivity contribution is 1.37. The molecule has 0 amide bonds. The van der Waals surface area contributed by atoms with Crippen molar-refractivity contribution in [1.29, 1.82) is 0 Å². The normalized spacial score (nSPS) is 8.67. The van der Waals surface area contributed by atoms with Crippen LogP contribution in [0.1, 0.15) is 26.3 Å². The van der Waals surface area contributed by atoms with Crippen LogP contribution in [0.25, 0.3) is 0 Å². The fraction of sp³-hybridized carbons (Fsp3) is 0.455. The highest BCUT2D eigenvalue weighted by molar-refractivity contribution is 7.99. The molecule has 0 aliphatic carbocycles. The van der Waals surface area contributed by atoms with Crippen molar-refractivity contribution in [2.75, 3.05) is 5.75 Å². The average Bonchev–Trinajstić information content (AvgIpc) is 2.13. The third-order valence-electron chi connectivity index (χ3n) is 1.33. The molecule has 0 N–H and O–H groups in total. The molecule has 12 heavy (non-hydrogen) atoms. The second-order valence-corrected chi connectivity index (χ2v) is 3.58. The standard InChI is InChI=1S/C9H12S.C2H6/c1-3-10-9-6-4-8(2)5-7-9;1-2/h4-7H,3H2,1-2H3;1-2H3. The summed E-state index contributed by atoms with van der Waals surface area (Å²) in [4.78, 5) is 1.37. The second-order valence-electron chi connectivity index (χ2n) is 2.25. The van der Waals surface area contributed by atoms with Crippen LogP contribution in [-0.4, -0.2) is 5.75 Å². The molecule has 0 fully saturated rings. The number of hydrogen-bond donors (Lipinski definition) is 0. The predicted octanol–water partition coefficient (Wildman–Crippen LogP) is 4.13. The van der Waals surface area contributed by atoms with Crippen LogP contribution in [0.4, 0.5) is 0 Å². The topological polar surface area (TPSA) is 0 Å². The van der Waals surface area contributed by atoms with E-state index in [-0.39, 0.29) is 0 Å². The van der Waals surface area contributed by atoms with Crippen LogP contribution in [0.2, 0.25) is 0 Å². The zero-order chi connectivity index (χ0) is 9.40. The Morgan fingerprint density at radius 3 is 2.00 bits per heavy atom. The van der Waals surface area contributed by atoms with E-state index in [0.29, 0.717) is 0 Å². The van der Waals surface area contributed by atoms with Gasteiger partial charge in [-0.2, -0.15) is 0 Å². The van der Waals surface area contributed by atoms with E-state index in [4.69, 9.17) is 0 Å². The highest BCUT2D eigenvalue weighted by Gasteiger charge is 1.88. The fourth-order valence-corrected chi connectivity index (χ4v) is 1.46. The van der Waals surface area contributed by atoms with Crippen LogP contribution < -0.4 is 0 Å². The summed E-state index contributed by atoms with van der Waals surface area (Å²) in [7, 11) is 0. The first-order chi connectivity index (χ1) is 5.83. The SMILES string of the molecule is CC.CCSc1ccc(C)cc1. The molecule has 0 aliphatic heterocycles. The van der Waals surface area contributed by atoms with Crippen molar-refractivity contribution in [1.82, 2.24) is 0 Å². The quantitative estimate of drug-likeness (QED) is 0.620. The maximum atomic E-state index is 2.17. The van der Waals surface area contributed by atoms with Gasteiger partial charge in [0, 0.05) is 4.90 Å². The van der Waals surface area contributed by atoms with E-state index in [9.17, 15) is 0 Å². The summed E-state index contributed by atoms with van der Waals surface area (Å²) in [6.07, 6.45) is 0. The van der Waals surface area contributed by atoms with Gasteiger partial charge in [0.05, 0.1) is 0 Å². The lowest BCUT2D eigenvalue weighted by Crippen LogP contribution is -1.73. The van der Waals surface area contributed by atoms with Crippen molar-refractivity contribution in [3.8, 4) is 0 Å². The van der Waals surface area contributed by atoms with Gasteiger partial charge in [-0.05, 0) is 24.8 Å². The molecule has 0 nitrogen and oxygen atoms in total. The molecule has 1 heteroatoms. The Bertz CT molecular complexity index is 189. The van der Waals surface area contributed by atoms with Crippen LogP contribution in [-0.2, 0) is 0 Å². The minimum absolute atomic E-state index is 1.16. The van der Waals surface area contributed by atoms with E-state index in [1.54, 1.807) is 0 Å². The molecule has 1 rings (SSSR count). The van der Waals surface area contributed by atoms with Crippen molar-refractivity contribution >= 4 is 11.8 Å². The number of hydrogen-bond acceptors (Lipinski definition) is 1. The van der Waals surface area contributed by atoms with Crippen molar-refractivity contribution in [2.45, 2.75) is 32.6 Å². The Kier molecular flexibility index (Phi) is 6.97. The van der Waals surface area contributed by atoms with E-state index >= 15 is 0 Å². The Labute approximate surface area is 80.4 Å². The van der Waals surface area contributed by atoms with E-state index < -0.39 is 0 Å². The Hall–Kier alpha value is -0.430. The molecule has 0 unspecified atom stereocenters. The number of rotatable bonds is 2. The monoisotopic (exact) mass is 182 g/mol. The van der Waals surface area contributed by atoms with Gasteiger partial charge in [0.1, 0.15) is 0 Å². The van der Waals surface area contributed by atoms with Gasteiger partial charge in [0.2, 0.25) is 0 Å². The molecule has 0 heterocycles. The van der Waals surface area contributed by atoms with Gasteiger partial charge in [-0.1, -0.05) is 38.5 Å². The molecular weight excluding hydrogens is 164 g/mol. The number of aryl methyl sites for hydroxylation is 1. The molecule has 0 saturated carbocycles. The first-order valence-corrected chi connectivity index (χ1v) is 5.51. The molecule has 68 valence electrons. The minimum atomic E-state index is 1.16. The van der Waals surface area contributed by atoms with E-state index in [1.807, 2.05) is 25.6 Å². The highest BCUT2D eigenvalue weighted by atomic mass is 32.2. The average molecular weight is 182 g/mol. The summed E-state index contributed by atoms with van der Waals surface area (Å²) < 4.78 is 0.